The van der Waals surface area contributed by atoms with Crippen LogP contribution in [-0.2, 0) is 18.3 Å². The summed E-state index contributed by atoms with van der Waals surface area (Å²) < 4.78 is 2.02. The summed E-state index contributed by atoms with van der Waals surface area (Å²) >= 11 is 0. The van der Waals surface area contributed by atoms with Crippen molar-refractivity contribution in [1.82, 2.24) is 19.5 Å². The number of fused-ring (bicyclic) bond motifs is 1. The lowest BCUT2D eigenvalue weighted by molar-refractivity contribution is -0.119. The number of aromatic nitrogens is 4. The lowest BCUT2D eigenvalue weighted by Crippen LogP contribution is -2.06. The van der Waals surface area contributed by atoms with Crippen molar-refractivity contribution in [2.24, 2.45) is 13.0 Å². The summed E-state index contributed by atoms with van der Waals surface area (Å²) in [6.07, 6.45) is 7.98. The van der Waals surface area contributed by atoms with Gasteiger partial charge in [-0.15, -0.1) is 0 Å². The minimum absolute atomic E-state index is 0.276. The van der Waals surface area contributed by atoms with Crippen LogP contribution in [0.2, 0.25) is 0 Å². The monoisotopic (exact) mass is 306 g/mol. The fourth-order valence-corrected chi connectivity index (χ4v) is 2.79. The van der Waals surface area contributed by atoms with Crippen molar-refractivity contribution in [1.29, 1.82) is 0 Å². The molecule has 0 unspecified atom stereocenters. The first-order chi connectivity index (χ1) is 11.1. The molecule has 0 bridgehead atoms. The van der Waals surface area contributed by atoms with E-state index in [1.54, 1.807) is 6.20 Å². The number of carbonyl (C=O) groups is 1. The smallest absolute Gasteiger partial charge is 0.141 e. The van der Waals surface area contributed by atoms with Gasteiger partial charge in [-0.25, -0.2) is 4.98 Å². The Balaban J connectivity index is 1.71. The van der Waals surface area contributed by atoms with Crippen LogP contribution < -0.4 is 0 Å². The van der Waals surface area contributed by atoms with Gasteiger partial charge in [0.2, 0.25) is 0 Å². The van der Waals surface area contributed by atoms with Crippen molar-refractivity contribution >= 4 is 16.6 Å². The minimum atomic E-state index is 0.276. The number of aryl methyl sites for hydroxylation is 1. The van der Waals surface area contributed by atoms with E-state index in [0.29, 0.717) is 12.2 Å². The normalized spacial score (nSPS) is 14.3. The Bertz CT molecular complexity index is 909. The predicted molar refractivity (Wildman–Crippen MR) is 87.9 cm³/mol. The van der Waals surface area contributed by atoms with E-state index in [1.165, 1.54) is 0 Å². The average Bonchev–Trinajstić information content (AvgIpc) is 3.34. The van der Waals surface area contributed by atoms with Crippen LogP contribution in [0.5, 0.6) is 0 Å². The molecule has 4 rings (SSSR count). The van der Waals surface area contributed by atoms with Crippen molar-refractivity contribution in [2.45, 2.75) is 26.2 Å². The maximum absolute atomic E-state index is 12.0. The zero-order valence-corrected chi connectivity index (χ0v) is 13.3. The van der Waals surface area contributed by atoms with E-state index in [0.717, 1.165) is 46.5 Å². The third-order valence-electron chi connectivity index (χ3n) is 4.53. The van der Waals surface area contributed by atoms with Crippen LogP contribution in [0.3, 0.4) is 0 Å². The summed E-state index contributed by atoms with van der Waals surface area (Å²) in [7, 11) is 1.98. The molecule has 3 heterocycles. The molecule has 0 saturated heterocycles. The molecular formula is C18H18N4O. The first-order valence-corrected chi connectivity index (χ1v) is 7.88. The van der Waals surface area contributed by atoms with Gasteiger partial charge in [-0.05, 0) is 37.3 Å². The summed E-state index contributed by atoms with van der Waals surface area (Å²) in [4.78, 5) is 25.2. The Kier molecular flexibility index (Phi) is 3.22. The van der Waals surface area contributed by atoms with Crippen LogP contribution in [0.1, 0.15) is 24.4 Å². The molecule has 5 heteroatoms. The van der Waals surface area contributed by atoms with E-state index in [1.807, 2.05) is 43.1 Å². The Morgan fingerprint density at radius 2 is 1.91 bits per heavy atom. The van der Waals surface area contributed by atoms with Gasteiger partial charge in [0.25, 0.3) is 0 Å². The minimum Gasteiger partial charge on any atom is -0.330 e. The molecule has 23 heavy (non-hydrogen) atoms. The molecule has 0 N–H and O–H groups in total. The molecule has 3 aromatic rings. The molecule has 1 saturated carbocycles. The molecule has 5 nitrogen and oxygen atoms in total. The number of hydrogen-bond acceptors (Lipinski definition) is 4. The number of nitrogens with zero attached hydrogens (tertiary/aromatic N) is 4. The van der Waals surface area contributed by atoms with E-state index in [2.05, 4.69) is 15.0 Å². The molecular weight excluding hydrogens is 288 g/mol. The molecule has 1 fully saturated rings. The highest BCUT2D eigenvalue weighted by Crippen LogP contribution is 2.31. The van der Waals surface area contributed by atoms with Gasteiger partial charge in [0.15, 0.2) is 0 Å². The molecule has 1 aliphatic carbocycles. The molecule has 116 valence electrons. The van der Waals surface area contributed by atoms with Gasteiger partial charge in [0.1, 0.15) is 11.6 Å². The van der Waals surface area contributed by atoms with E-state index in [9.17, 15) is 4.79 Å². The van der Waals surface area contributed by atoms with E-state index < -0.39 is 0 Å². The lowest BCUT2D eigenvalue weighted by atomic mass is 10.1. The number of pyridine rings is 2. The zero-order chi connectivity index (χ0) is 16.0. The highest BCUT2D eigenvalue weighted by molar-refractivity contribution is 5.88. The van der Waals surface area contributed by atoms with E-state index in [-0.39, 0.29) is 5.92 Å². The fourth-order valence-electron chi connectivity index (χ4n) is 2.79. The van der Waals surface area contributed by atoms with Gasteiger partial charge in [-0.1, -0.05) is 0 Å². The lowest BCUT2D eigenvalue weighted by Gasteiger charge is -2.06. The van der Waals surface area contributed by atoms with Crippen LogP contribution >= 0.6 is 0 Å². The number of carbonyl (C=O) groups excluding carboxylic acids is 1. The Hall–Kier alpha value is -2.56. The molecule has 3 aromatic heterocycles. The molecule has 1 aliphatic rings. The van der Waals surface area contributed by atoms with Gasteiger partial charge in [-0.2, -0.15) is 0 Å². The van der Waals surface area contributed by atoms with Gasteiger partial charge < -0.3 is 4.57 Å². The van der Waals surface area contributed by atoms with Crippen molar-refractivity contribution in [3.63, 3.8) is 0 Å². The summed E-state index contributed by atoms with van der Waals surface area (Å²) in [6, 6.07) is 4.04. The first kappa shape index (κ1) is 14.1. The Labute approximate surface area is 134 Å². The van der Waals surface area contributed by atoms with Crippen molar-refractivity contribution in [2.75, 3.05) is 0 Å². The zero-order valence-electron chi connectivity index (χ0n) is 13.3. The maximum Gasteiger partial charge on any atom is 0.141 e. The number of Topliss-reactive ketones (excluding diaryl/α,β-unsaturated/α-hetero) is 1. The Morgan fingerprint density at radius 3 is 2.61 bits per heavy atom. The van der Waals surface area contributed by atoms with Crippen molar-refractivity contribution in [3.05, 3.63) is 42.2 Å². The third kappa shape index (κ3) is 2.63. The van der Waals surface area contributed by atoms with Gasteiger partial charge in [0.05, 0.1) is 17.6 Å². The maximum atomic E-state index is 12.0. The van der Waals surface area contributed by atoms with Crippen LogP contribution in [0.15, 0.2) is 30.7 Å². The summed E-state index contributed by atoms with van der Waals surface area (Å²) in [5.41, 5.74) is 2.70. The SMILES string of the molecule is Cc1ncc(-c2cc3cc(CC(=O)C4CC4)ncc3cn2)n1C. The molecule has 0 aliphatic heterocycles. The van der Waals surface area contributed by atoms with Crippen LogP contribution in [-0.4, -0.2) is 25.3 Å². The topological polar surface area (TPSA) is 60.7 Å². The first-order valence-electron chi connectivity index (χ1n) is 7.88. The number of hydrogen-bond donors (Lipinski definition) is 0. The number of imidazole rings is 1. The van der Waals surface area contributed by atoms with E-state index >= 15 is 0 Å². The summed E-state index contributed by atoms with van der Waals surface area (Å²) in [6.45, 7) is 1.97. The van der Waals surface area contributed by atoms with Gasteiger partial charge in [0, 0.05) is 42.9 Å². The van der Waals surface area contributed by atoms with Crippen LogP contribution in [0.25, 0.3) is 22.2 Å². The third-order valence-corrected chi connectivity index (χ3v) is 4.53. The molecule has 0 atom stereocenters. The van der Waals surface area contributed by atoms with Crippen molar-refractivity contribution in [3.8, 4) is 11.4 Å². The molecule has 0 radical (unpaired) electrons. The van der Waals surface area contributed by atoms with Crippen LogP contribution in [0.4, 0.5) is 0 Å². The van der Waals surface area contributed by atoms with Gasteiger partial charge in [-0.3, -0.25) is 14.8 Å². The quantitative estimate of drug-likeness (QED) is 0.743. The number of ketones is 1. The van der Waals surface area contributed by atoms with Crippen LogP contribution in [0, 0.1) is 12.8 Å². The number of rotatable bonds is 4. The van der Waals surface area contributed by atoms with Crippen molar-refractivity contribution < 1.29 is 4.79 Å². The molecule has 0 amide bonds. The second-order valence-electron chi connectivity index (χ2n) is 6.26. The highest BCUT2D eigenvalue weighted by atomic mass is 16.1. The summed E-state index contributed by atoms with van der Waals surface area (Å²) in [5, 5.41) is 2.04. The second-order valence-corrected chi connectivity index (χ2v) is 6.26. The Morgan fingerprint density at radius 1 is 1.13 bits per heavy atom. The predicted octanol–water partition coefficient (Wildman–Crippen LogP) is 2.86. The molecule has 0 spiro atoms. The highest BCUT2D eigenvalue weighted by Gasteiger charge is 2.29. The summed E-state index contributed by atoms with van der Waals surface area (Å²) in [5.74, 6) is 1.54. The standard InChI is InChI=1S/C18H18N4O/c1-11-19-10-17(22(11)2)16-6-13-5-15(7-18(23)12-3-4-12)20-8-14(13)9-21-16/h5-6,8-10,12H,3-4,7H2,1-2H3. The van der Waals surface area contributed by atoms with E-state index in [4.69, 9.17) is 0 Å². The van der Waals surface area contributed by atoms with Gasteiger partial charge >= 0.3 is 0 Å². The average molecular weight is 306 g/mol. The fraction of sp³-hybridized carbons (Fsp3) is 0.333. The largest absolute Gasteiger partial charge is 0.330 e. The second kappa shape index (κ2) is 5.26. The molecule has 0 aromatic carbocycles.